The average molecular weight is 337 g/mol. The van der Waals surface area contributed by atoms with Crippen molar-refractivity contribution < 1.29 is 4.92 Å². The molecule has 5 heteroatoms. The second-order valence-electron chi connectivity index (χ2n) is 5.80. The monoisotopic (exact) mass is 336 g/mol. The Morgan fingerprint density at radius 1 is 1.40 bits per heavy atom. The SMILES string of the molecule is CC(Nc1ccc([N+](=O)[O-])c(Br)c1)C1CC2C=CC1C2. The van der Waals surface area contributed by atoms with Gasteiger partial charge in [0.1, 0.15) is 0 Å². The fraction of sp³-hybridized carbons (Fsp3) is 0.467. The number of fused-ring (bicyclic) bond motifs is 2. The van der Waals surface area contributed by atoms with E-state index >= 15 is 0 Å². The Bertz CT molecular complexity index is 573. The molecule has 3 rings (SSSR count). The Labute approximate surface area is 126 Å². The minimum absolute atomic E-state index is 0.103. The molecule has 0 spiro atoms. The van der Waals surface area contributed by atoms with E-state index in [0.29, 0.717) is 22.4 Å². The van der Waals surface area contributed by atoms with E-state index in [1.165, 1.54) is 12.8 Å². The van der Waals surface area contributed by atoms with Crippen molar-refractivity contribution in [3.8, 4) is 0 Å². The summed E-state index contributed by atoms with van der Waals surface area (Å²) in [6.45, 7) is 2.20. The lowest BCUT2D eigenvalue weighted by Gasteiger charge is -2.27. The third kappa shape index (κ3) is 2.46. The summed E-state index contributed by atoms with van der Waals surface area (Å²) in [5, 5.41) is 14.3. The third-order valence-electron chi connectivity index (χ3n) is 4.51. The normalized spacial score (nSPS) is 28.6. The predicted molar refractivity (Wildman–Crippen MR) is 82.7 cm³/mol. The van der Waals surface area contributed by atoms with Crippen LogP contribution in [0.15, 0.2) is 34.8 Å². The fourth-order valence-corrected chi connectivity index (χ4v) is 4.04. The number of nitro groups is 1. The first-order valence-corrected chi connectivity index (χ1v) is 7.72. The van der Waals surface area contributed by atoms with Crippen LogP contribution in [0.3, 0.4) is 0 Å². The van der Waals surface area contributed by atoms with E-state index in [-0.39, 0.29) is 10.6 Å². The quantitative estimate of drug-likeness (QED) is 0.504. The highest BCUT2D eigenvalue weighted by Gasteiger charge is 2.38. The van der Waals surface area contributed by atoms with Crippen molar-refractivity contribution in [2.45, 2.75) is 25.8 Å². The molecule has 2 aliphatic rings. The van der Waals surface area contributed by atoms with Gasteiger partial charge in [0.05, 0.1) is 9.40 Å². The van der Waals surface area contributed by atoms with Crippen LogP contribution in [-0.2, 0) is 0 Å². The number of halogens is 1. The highest BCUT2D eigenvalue weighted by atomic mass is 79.9. The second kappa shape index (κ2) is 5.20. The second-order valence-corrected chi connectivity index (χ2v) is 6.65. The zero-order chi connectivity index (χ0) is 14.3. The average Bonchev–Trinajstić information content (AvgIpc) is 3.00. The van der Waals surface area contributed by atoms with Gasteiger partial charge in [0.2, 0.25) is 0 Å². The summed E-state index contributed by atoms with van der Waals surface area (Å²) >= 11 is 3.26. The summed E-state index contributed by atoms with van der Waals surface area (Å²) < 4.78 is 0.521. The number of hydrogen-bond acceptors (Lipinski definition) is 3. The topological polar surface area (TPSA) is 55.2 Å². The lowest BCUT2D eigenvalue weighted by molar-refractivity contribution is -0.385. The van der Waals surface area contributed by atoms with Gasteiger partial charge in [0.25, 0.3) is 5.69 Å². The molecule has 1 aromatic carbocycles. The number of benzene rings is 1. The third-order valence-corrected chi connectivity index (χ3v) is 5.15. The van der Waals surface area contributed by atoms with E-state index in [9.17, 15) is 10.1 Å². The van der Waals surface area contributed by atoms with Crippen molar-refractivity contribution in [3.05, 3.63) is 44.9 Å². The van der Waals surface area contributed by atoms with Crippen LogP contribution in [0.1, 0.15) is 19.8 Å². The molecule has 1 saturated carbocycles. The number of hydrogen-bond donors (Lipinski definition) is 1. The van der Waals surface area contributed by atoms with Crippen LogP contribution in [0.2, 0.25) is 0 Å². The summed E-state index contributed by atoms with van der Waals surface area (Å²) in [5.74, 6) is 2.13. The summed E-state index contributed by atoms with van der Waals surface area (Å²) in [5.41, 5.74) is 1.03. The molecule has 0 aliphatic heterocycles. The predicted octanol–water partition coefficient (Wildman–Crippen LogP) is 4.37. The first-order chi connectivity index (χ1) is 9.54. The van der Waals surface area contributed by atoms with Crippen LogP contribution in [-0.4, -0.2) is 11.0 Å². The molecule has 0 heterocycles. The molecule has 0 saturated heterocycles. The number of nitro benzene ring substituents is 1. The molecule has 20 heavy (non-hydrogen) atoms. The Morgan fingerprint density at radius 2 is 2.20 bits per heavy atom. The van der Waals surface area contributed by atoms with Crippen LogP contribution in [0.5, 0.6) is 0 Å². The molecule has 1 aromatic rings. The van der Waals surface area contributed by atoms with E-state index < -0.39 is 0 Å². The van der Waals surface area contributed by atoms with Crippen molar-refractivity contribution >= 4 is 27.3 Å². The molecule has 1 fully saturated rings. The Hall–Kier alpha value is -1.36. The van der Waals surface area contributed by atoms with Crippen molar-refractivity contribution in [2.24, 2.45) is 17.8 Å². The van der Waals surface area contributed by atoms with Gasteiger partial charge < -0.3 is 5.32 Å². The van der Waals surface area contributed by atoms with Gasteiger partial charge in [0.15, 0.2) is 0 Å². The highest BCUT2D eigenvalue weighted by Crippen LogP contribution is 2.45. The van der Waals surface area contributed by atoms with E-state index in [1.54, 1.807) is 18.2 Å². The first kappa shape index (κ1) is 13.6. The minimum Gasteiger partial charge on any atom is -0.382 e. The Balaban J connectivity index is 1.70. The van der Waals surface area contributed by atoms with Crippen LogP contribution in [0.4, 0.5) is 11.4 Å². The fourth-order valence-electron chi connectivity index (χ4n) is 3.51. The lowest BCUT2D eigenvalue weighted by Crippen LogP contribution is -2.28. The Morgan fingerprint density at radius 3 is 2.75 bits per heavy atom. The van der Waals surface area contributed by atoms with Crippen LogP contribution in [0.25, 0.3) is 0 Å². The number of nitrogens with one attached hydrogen (secondary N) is 1. The molecular formula is C15H17BrN2O2. The zero-order valence-electron chi connectivity index (χ0n) is 11.3. The maximum atomic E-state index is 10.8. The van der Waals surface area contributed by atoms with Gasteiger partial charge in [-0.2, -0.15) is 0 Å². The van der Waals surface area contributed by atoms with Crippen molar-refractivity contribution in [1.29, 1.82) is 0 Å². The molecule has 2 bridgehead atoms. The van der Waals surface area contributed by atoms with Crippen molar-refractivity contribution in [2.75, 3.05) is 5.32 Å². The van der Waals surface area contributed by atoms with Gasteiger partial charge in [-0.15, -0.1) is 0 Å². The van der Waals surface area contributed by atoms with E-state index in [2.05, 4.69) is 40.3 Å². The molecule has 106 valence electrons. The summed E-state index contributed by atoms with van der Waals surface area (Å²) in [6.07, 6.45) is 7.24. The number of allylic oxidation sites excluding steroid dienone is 2. The molecule has 4 nitrogen and oxygen atoms in total. The molecule has 4 unspecified atom stereocenters. The highest BCUT2D eigenvalue weighted by molar-refractivity contribution is 9.10. The molecular weight excluding hydrogens is 320 g/mol. The van der Waals surface area contributed by atoms with E-state index in [4.69, 9.17) is 0 Å². The number of anilines is 1. The smallest absolute Gasteiger partial charge is 0.283 e. The van der Waals surface area contributed by atoms with Gasteiger partial charge in [-0.3, -0.25) is 10.1 Å². The van der Waals surface area contributed by atoms with Gasteiger partial charge >= 0.3 is 0 Å². The molecule has 2 aliphatic carbocycles. The van der Waals surface area contributed by atoms with Gasteiger partial charge in [-0.05, 0) is 65.6 Å². The van der Waals surface area contributed by atoms with Crippen LogP contribution < -0.4 is 5.32 Å². The zero-order valence-corrected chi connectivity index (χ0v) is 12.8. The van der Waals surface area contributed by atoms with Crippen LogP contribution in [0, 0.1) is 27.9 Å². The maximum absolute atomic E-state index is 10.8. The summed E-state index contributed by atoms with van der Waals surface area (Å²) in [6, 6.07) is 5.49. The summed E-state index contributed by atoms with van der Waals surface area (Å²) in [7, 11) is 0. The van der Waals surface area contributed by atoms with Gasteiger partial charge in [0, 0.05) is 17.8 Å². The number of nitrogens with zero attached hydrogens (tertiary/aromatic N) is 1. The summed E-state index contributed by atoms with van der Waals surface area (Å²) in [4.78, 5) is 10.4. The van der Waals surface area contributed by atoms with Crippen molar-refractivity contribution in [1.82, 2.24) is 0 Å². The minimum atomic E-state index is -0.377. The molecule has 0 amide bonds. The van der Waals surface area contributed by atoms with Gasteiger partial charge in [-0.25, -0.2) is 0 Å². The molecule has 1 N–H and O–H groups in total. The molecule has 0 aromatic heterocycles. The molecule has 4 atom stereocenters. The molecule has 0 radical (unpaired) electrons. The van der Waals surface area contributed by atoms with Crippen molar-refractivity contribution in [3.63, 3.8) is 0 Å². The largest absolute Gasteiger partial charge is 0.382 e. The maximum Gasteiger partial charge on any atom is 0.283 e. The standard InChI is InChI=1S/C15H17BrN2O2/c1-9(13-7-10-2-3-11(13)6-10)17-12-4-5-15(18(19)20)14(16)8-12/h2-5,8-11,13,17H,6-7H2,1H3. The number of rotatable bonds is 4. The van der Waals surface area contributed by atoms with Crippen LogP contribution >= 0.6 is 15.9 Å². The Kier molecular flexibility index (Phi) is 3.54. The van der Waals surface area contributed by atoms with E-state index in [1.807, 2.05) is 0 Å². The lowest BCUT2D eigenvalue weighted by atomic mass is 9.87. The van der Waals surface area contributed by atoms with Gasteiger partial charge in [-0.1, -0.05) is 12.2 Å². The van der Waals surface area contributed by atoms with E-state index in [0.717, 1.165) is 11.6 Å². The first-order valence-electron chi connectivity index (χ1n) is 6.93.